The van der Waals surface area contributed by atoms with Crippen molar-refractivity contribution in [3.05, 3.63) is 53.7 Å². The number of nitrogens with zero attached hydrogens (tertiary/aromatic N) is 6. The molecule has 3 aromatic heterocycles. The Morgan fingerprint density at radius 2 is 1.89 bits per heavy atom. The van der Waals surface area contributed by atoms with Crippen molar-refractivity contribution in [2.75, 3.05) is 32.6 Å². The molecule has 0 radical (unpaired) electrons. The minimum atomic E-state index is -0.358. The second kappa shape index (κ2) is 11.6. The Labute approximate surface area is 215 Å². The van der Waals surface area contributed by atoms with Crippen LogP contribution in [0.25, 0.3) is 0 Å². The van der Waals surface area contributed by atoms with E-state index in [4.69, 9.17) is 4.74 Å². The van der Waals surface area contributed by atoms with Crippen molar-refractivity contribution < 1.29 is 9.53 Å². The first-order valence-electron chi connectivity index (χ1n) is 10.6. The molecule has 2 N–H and O–H groups in total. The number of pyridine rings is 1. The van der Waals surface area contributed by atoms with Crippen LogP contribution < -0.4 is 10.1 Å². The van der Waals surface area contributed by atoms with Crippen molar-refractivity contribution in [3.8, 4) is 5.75 Å². The lowest BCUT2D eigenvalue weighted by Gasteiger charge is -2.12. The van der Waals surface area contributed by atoms with Gasteiger partial charge in [-0.15, -0.1) is 10.2 Å². The van der Waals surface area contributed by atoms with Gasteiger partial charge < -0.3 is 14.6 Å². The smallest absolute Gasteiger partial charge is 0.277 e. The maximum Gasteiger partial charge on any atom is 0.277 e. The number of aryl methyl sites for hydroxylation is 2. The van der Waals surface area contributed by atoms with Crippen LogP contribution in [0.15, 0.2) is 56.4 Å². The van der Waals surface area contributed by atoms with Crippen LogP contribution >= 0.6 is 35.1 Å². The second-order valence-electron chi connectivity index (χ2n) is 7.64. The highest BCUT2D eigenvalue weighted by Crippen LogP contribution is 2.34. The minimum Gasteiger partial charge on any atom is -0.492 e. The van der Waals surface area contributed by atoms with Crippen molar-refractivity contribution in [2.45, 2.75) is 33.8 Å². The summed E-state index contributed by atoms with van der Waals surface area (Å²) in [7, 11) is 4.01. The molecule has 35 heavy (non-hydrogen) atoms. The van der Waals surface area contributed by atoms with Gasteiger partial charge >= 0.3 is 0 Å². The van der Waals surface area contributed by atoms with E-state index in [9.17, 15) is 4.79 Å². The monoisotopic (exact) mass is 528 g/mol. The molecule has 0 aliphatic rings. The van der Waals surface area contributed by atoms with Crippen molar-refractivity contribution in [3.63, 3.8) is 0 Å². The molecule has 0 unspecified atom stereocenters. The highest BCUT2D eigenvalue weighted by Gasteiger charge is 2.18. The summed E-state index contributed by atoms with van der Waals surface area (Å²) in [5, 5.41) is 12.5. The SMILES string of the molecule is Cc1nsc(NC(=O)c2nc(Sc3nnc(C)[nH]3)ccc2Sc2ccc(OCCN(C)C)cc2)n1. The van der Waals surface area contributed by atoms with Gasteiger partial charge in [-0.1, -0.05) is 11.8 Å². The number of rotatable bonds is 10. The lowest BCUT2D eigenvalue weighted by molar-refractivity contribution is 0.101. The Hall–Kier alpha value is -3.00. The largest absolute Gasteiger partial charge is 0.492 e. The number of anilines is 1. The Kier molecular flexibility index (Phi) is 8.33. The summed E-state index contributed by atoms with van der Waals surface area (Å²) >= 11 is 3.88. The van der Waals surface area contributed by atoms with Crippen LogP contribution in [0.5, 0.6) is 5.75 Å². The molecule has 0 fully saturated rings. The lowest BCUT2D eigenvalue weighted by atomic mass is 10.3. The Morgan fingerprint density at radius 3 is 2.54 bits per heavy atom. The molecular formula is C22H24N8O2S3. The number of aromatic amines is 1. The van der Waals surface area contributed by atoms with Gasteiger partial charge in [0.15, 0.2) is 5.16 Å². The summed E-state index contributed by atoms with van der Waals surface area (Å²) in [5.41, 5.74) is 0.287. The molecule has 0 spiro atoms. The summed E-state index contributed by atoms with van der Waals surface area (Å²) in [5.74, 6) is 1.75. The third-order valence-corrected chi connectivity index (χ3v) is 7.03. The van der Waals surface area contributed by atoms with Gasteiger partial charge in [-0.05, 0) is 76.1 Å². The molecule has 4 aromatic rings. The number of hydrogen-bond donors (Lipinski definition) is 2. The average molecular weight is 529 g/mol. The summed E-state index contributed by atoms with van der Waals surface area (Å²) in [4.78, 5) is 28.8. The number of hydrogen-bond acceptors (Lipinski definition) is 11. The number of aromatic nitrogens is 6. The summed E-state index contributed by atoms with van der Waals surface area (Å²) < 4.78 is 9.89. The van der Waals surface area contributed by atoms with E-state index in [2.05, 4.69) is 39.7 Å². The minimum absolute atomic E-state index is 0.287. The van der Waals surface area contributed by atoms with Crippen molar-refractivity contribution >= 4 is 46.1 Å². The number of likely N-dealkylation sites (N-methyl/N-ethyl adjacent to an activating group) is 1. The predicted molar refractivity (Wildman–Crippen MR) is 137 cm³/mol. The van der Waals surface area contributed by atoms with Gasteiger partial charge in [0, 0.05) is 27.9 Å². The quantitative estimate of drug-likeness (QED) is 0.310. The summed E-state index contributed by atoms with van der Waals surface area (Å²) in [6.07, 6.45) is 0. The van der Waals surface area contributed by atoms with E-state index in [-0.39, 0.29) is 11.6 Å². The van der Waals surface area contributed by atoms with Gasteiger partial charge in [-0.3, -0.25) is 10.1 Å². The van der Waals surface area contributed by atoms with E-state index in [0.717, 1.165) is 28.7 Å². The summed E-state index contributed by atoms with van der Waals surface area (Å²) in [6, 6.07) is 11.5. The van der Waals surface area contributed by atoms with Crippen LogP contribution in [-0.4, -0.2) is 67.6 Å². The number of ether oxygens (including phenoxy) is 1. The first-order chi connectivity index (χ1) is 16.9. The van der Waals surface area contributed by atoms with Crippen LogP contribution in [-0.2, 0) is 0 Å². The van der Waals surface area contributed by atoms with Crippen LogP contribution in [0.2, 0.25) is 0 Å². The molecule has 182 valence electrons. The average Bonchev–Trinajstić information content (AvgIpc) is 3.42. The van der Waals surface area contributed by atoms with Crippen molar-refractivity contribution in [1.29, 1.82) is 0 Å². The first kappa shape index (κ1) is 25.1. The third kappa shape index (κ3) is 7.24. The van der Waals surface area contributed by atoms with Gasteiger partial charge in [0.05, 0.1) is 0 Å². The molecule has 4 rings (SSSR count). The molecule has 3 heterocycles. The van der Waals surface area contributed by atoms with E-state index in [1.54, 1.807) is 6.92 Å². The summed E-state index contributed by atoms with van der Waals surface area (Å²) in [6.45, 7) is 5.05. The topological polar surface area (TPSA) is 122 Å². The molecule has 1 aromatic carbocycles. The molecule has 13 heteroatoms. The fraction of sp³-hybridized carbons (Fsp3) is 0.273. The number of H-pyrrole nitrogens is 1. The van der Waals surface area contributed by atoms with E-state index in [1.165, 1.54) is 23.5 Å². The molecular weight excluding hydrogens is 504 g/mol. The highest BCUT2D eigenvalue weighted by atomic mass is 32.2. The molecule has 0 bridgehead atoms. The van der Waals surface area contributed by atoms with Crippen molar-refractivity contribution in [1.82, 2.24) is 34.4 Å². The van der Waals surface area contributed by atoms with Crippen LogP contribution in [0.4, 0.5) is 5.13 Å². The molecule has 0 aliphatic heterocycles. The molecule has 0 saturated carbocycles. The first-order valence-corrected chi connectivity index (χ1v) is 13.0. The van der Waals surface area contributed by atoms with Gasteiger partial charge in [-0.2, -0.15) is 4.37 Å². The lowest BCUT2D eigenvalue weighted by Crippen LogP contribution is -2.19. The number of amides is 1. The van der Waals surface area contributed by atoms with E-state index < -0.39 is 0 Å². The number of carbonyl (C=O) groups excluding carboxylic acids is 1. The number of nitrogens with one attached hydrogen (secondary N) is 2. The van der Waals surface area contributed by atoms with E-state index >= 15 is 0 Å². The van der Waals surface area contributed by atoms with Crippen molar-refractivity contribution in [2.24, 2.45) is 0 Å². The van der Waals surface area contributed by atoms with Crippen LogP contribution in [0.1, 0.15) is 22.1 Å². The Balaban J connectivity index is 1.54. The fourth-order valence-electron chi connectivity index (χ4n) is 2.78. The predicted octanol–water partition coefficient (Wildman–Crippen LogP) is 4.16. The van der Waals surface area contributed by atoms with Gasteiger partial charge in [0.1, 0.15) is 34.7 Å². The molecule has 10 nitrogen and oxygen atoms in total. The molecule has 0 aliphatic carbocycles. The van der Waals surface area contributed by atoms with Gasteiger partial charge in [0.2, 0.25) is 5.13 Å². The Morgan fingerprint density at radius 1 is 1.09 bits per heavy atom. The Bertz CT molecular complexity index is 1290. The fourth-order valence-corrected chi connectivity index (χ4v) is 5.00. The van der Waals surface area contributed by atoms with Crippen LogP contribution in [0.3, 0.4) is 0 Å². The standard InChI is InChI=1S/C22H24N8O2S3/c1-13-23-22(28-27-13)34-18-10-9-17(19(25-18)20(31)26-21-24-14(2)29-35-21)33-16-7-5-15(6-8-16)32-12-11-30(3)4/h5-10H,11-12H2,1-4H3,(H,23,27,28)(H,24,26,29,31). The zero-order valence-electron chi connectivity index (χ0n) is 19.6. The van der Waals surface area contributed by atoms with Gasteiger partial charge in [0.25, 0.3) is 5.91 Å². The second-order valence-corrected chi connectivity index (χ2v) is 10.5. The van der Waals surface area contributed by atoms with Crippen LogP contribution in [0, 0.1) is 13.8 Å². The van der Waals surface area contributed by atoms with E-state index in [0.29, 0.717) is 38.5 Å². The maximum absolute atomic E-state index is 13.2. The molecule has 0 atom stereocenters. The normalized spacial score (nSPS) is 11.1. The molecule has 0 saturated heterocycles. The maximum atomic E-state index is 13.2. The zero-order chi connectivity index (χ0) is 24.8. The van der Waals surface area contributed by atoms with Gasteiger partial charge in [-0.25, -0.2) is 9.97 Å². The zero-order valence-corrected chi connectivity index (χ0v) is 22.1. The highest BCUT2D eigenvalue weighted by molar-refractivity contribution is 7.99. The molecule has 1 amide bonds. The third-order valence-electron chi connectivity index (χ3n) is 4.43. The number of carbonyl (C=O) groups is 1. The van der Waals surface area contributed by atoms with E-state index in [1.807, 2.05) is 57.4 Å². The number of benzene rings is 1.